The lowest BCUT2D eigenvalue weighted by atomic mass is 9.91. The van der Waals surface area contributed by atoms with Crippen LogP contribution in [0.5, 0.6) is 0 Å². The first-order chi connectivity index (χ1) is 15.7. The molecule has 0 aromatic heterocycles. The van der Waals surface area contributed by atoms with Crippen molar-refractivity contribution in [2.45, 2.75) is 64.0 Å². The zero-order valence-electron chi connectivity index (χ0n) is 19.6. The van der Waals surface area contributed by atoms with E-state index in [1.165, 1.54) is 6.42 Å². The van der Waals surface area contributed by atoms with E-state index in [2.05, 4.69) is 10.6 Å². The summed E-state index contributed by atoms with van der Waals surface area (Å²) in [5.41, 5.74) is 6.94. The Hall–Kier alpha value is -1.73. The molecule has 6 N–H and O–H groups in total. The molecule has 0 radical (unpaired) electrons. The largest absolute Gasteiger partial charge is 0.391 e. The van der Waals surface area contributed by atoms with Gasteiger partial charge in [0.05, 0.1) is 24.2 Å². The predicted molar refractivity (Wildman–Crippen MR) is 130 cm³/mol. The van der Waals surface area contributed by atoms with Crippen molar-refractivity contribution in [1.82, 2.24) is 10.6 Å². The summed E-state index contributed by atoms with van der Waals surface area (Å²) in [5.74, 6) is -0.867. The van der Waals surface area contributed by atoms with Crippen molar-refractivity contribution in [2.75, 3.05) is 25.4 Å². The Labute approximate surface area is 197 Å². The normalized spacial score (nSPS) is 19.2. The van der Waals surface area contributed by atoms with E-state index in [0.717, 1.165) is 31.2 Å². The zero-order chi connectivity index (χ0) is 24.3. The number of benzene rings is 1. The van der Waals surface area contributed by atoms with Crippen LogP contribution in [0, 0.1) is 11.8 Å². The number of hydrogen-bond acceptors (Lipinski definition) is 5. The number of nitrogens with two attached hydrogens (primary N) is 1. The topological polar surface area (TPSA) is 142 Å². The second kappa shape index (κ2) is 13.9. The number of carbonyl (C=O) groups excluding carboxylic acids is 2. The molecule has 9 heteroatoms. The van der Waals surface area contributed by atoms with Gasteiger partial charge in [-0.15, -0.1) is 0 Å². The van der Waals surface area contributed by atoms with Crippen LogP contribution in [0.4, 0.5) is 0 Å². The minimum Gasteiger partial charge on any atom is -0.391 e. The summed E-state index contributed by atoms with van der Waals surface area (Å²) in [7, 11) is -3.45. The molecule has 0 saturated heterocycles. The Morgan fingerprint density at radius 3 is 2.36 bits per heavy atom. The Balaban J connectivity index is 1.72. The van der Waals surface area contributed by atoms with Crippen molar-refractivity contribution in [3.05, 3.63) is 35.9 Å². The number of hydrogen-bond donors (Lipinski definition) is 5. The van der Waals surface area contributed by atoms with Gasteiger partial charge in [-0.05, 0) is 37.2 Å². The fourth-order valence-corrected chi connectivity index (χ4v) is 6.45. The molecule has 2 amide bonds. The molecule has 8 nitrogen and oxygen atoms in total. The highest BCUT2D eigenvalue weighted by molar-refractivity contribution is 7.58. The van der Waals surface area contributed by atoms with Crippen LogP contribution in [0.15, 0.2) is 30.3 Å². The van der Waals surface area contributed by atoms with E-state index in [0.29, 0.717) is 12.8 Å². The van der Waals surface area contributed by atoms with E-state index in [4.69, 9.17) is 5.73 Å². The molecule has 1 aliphatic carbocycles. The molecule has 1 saturated carbocycles. The van der Waals surface area contributed by atoms with E-state index in [-0.39, 0.29) is 43.1 Å². The number of rotatable bonds is 13. The lowest BCUT2D eigenvalue weighted by Gasteiger charge is -2.25. The monoisotopic (exact) mass is 481 g/mol. The maximum Gasteiger partial charge on any atom is 0.237 e. The molecule has 0 heterocycles. The van der Waals surface area contributed by atoms with E-state index in [1.807, 2.05) is 37.3 Å². The number of carbonyl (C=O) groups is 2. The maximum atomic E-state index is 12.5. The van der Waals surface area contributed by atoms with E-state index >= 15 is 0 Å². The smallest absolute Gasteiger partial charge is 0.237 e. The predicted octanol–water partition coefficient (Wildman–Crippen LogP) is 2.03. The van der Waals surface area contributed by atoms with Gasteiger partial charge in [-0.2, -0.15) is 0 Å². The maximum absolute atomic E-state index is 12.5. The van der Waals surface area contributed by atoms with Crippen LogP contribution in [-0.2, 0) is 20.6 Å². The third kappa shape index (κ3) is 10.4. The second-order valence-electron chi connectivity index (χ2n) is 9.26. The average molecular weight is 482 g/mol. The number of nitrogens with one attached hydrogen (secondary N) is 2. The van der Waals surface area contributed by atoms with Gasteiger partial charge >= 0.3 is 0 Å². The molecule has 0 spiro atoms. The first-order valence-corrected chi connectivity index (χ1v) is 14.1. The molecule has 33 heavy (non-hydrogen) atoms. The number of amides is 2. The fraction of sp³-hybridized carbons (Fsp3) is 0.667. The van der Waals surface area contributed by atoms with Crippen molar-refractivity contribution in [2.24, 2.45) is 17.6 Å². The Bertz CT molecular complexity index is 786. The highest BCUT2D eigenvalue weighted by Gasteiger charge is 2.29. The highest BCUT2D eigenvalue weighted by atomic mass is 31.2. The summed E-state index contributed by atoms with van der Waals surface area (Å²) in [4.78, 5) is 35.1. The van der Waals surface area contributed by atoms with Crippen LogP contribution < -0.4 is 16.4 Å². The van der Waals surface area contributed by atoms with Gasteiger partial charge in [-0.1, -0.05) is 56.5 Å². The first kappa shape index (κ1) is 27.5. The molecule has 2 rings (SSSR count). The van der Waals surface area contributed by atoms with E-state index in [9.17, 15) is 24.2 Å². The Morgan fingerprint density at radius 2 is 1.73 bits per heavy atom. The molecule has 4 atom stereocenters. The number of aliphatic hydroxyl groups excluding tert-OH is 1. The third-order valence-electron chi connectivity index (χ3n) is 6.30. The van der Waals surface area contributed by atoms with Crippen LogP contribution in [-0.4, -0.2) is 59.4 Å². The van der Waals surface area contributed by atoms with Crippen LogP contribution in [0.3, 0.4) is 0 Å². The highest BCUT2D eigenvalue weighted by Crippen LogP contribution is 2.45. The van der Waals surface area contributed by atoms with Crippen LogP contribution >= 0.6 is 7.37 Å². The summed E-state index contributed by atoms with van der Waals surface area (Å²) in [5, 5.41) is 15.6. The van der Waals surface area contributed by atoms with Crippen molar-refractivity contribution in [3.8, 4) is 0 Å². The average Bonchev–Trinajstić information content (AvgIpc) is 2.78. The first-order valence-electron chi connectivity index (χ1n) is 12.0. The fourth-order valence-electron chi connectivity index (χ4n) is 4.34. The molecule has 0 aliphatic heterocycles. The summed E-state index contributed by atoms with van der Waals surface area (Å²) >= 11 is 0. The summed E-state index contributed by atoms with van der Waals surface area (Å²) in [6, 6.07) is 8.77. The minimum atomic E-state index is -3.45. The van der Waals surface area contributed by atoms with Gasteiger partial charge in [0, 0.05) is 19.3 Å². The summed E-state index contributed by atoms with van der Waals surface area (Å²) < 4.78 is 12.5. The molecule has 1 aromatic carbocycles. The molecular formula is C24H40N3O5P. The molecule has 0 bridgehead atoms. The van der Waals surface area contributed by atoms with Crippen molar-refractivity contribution in [1.29, 1.82) is 0 Å². The summed E-state index contributed by atoms with van der Waals surface area (Å²) in [6.07, 6.45) is 5.15. The van der Waals surface area contributed by atoms with Crippen LogP contribution in [0.25, 0.3) is 0 Å². The van der Waals surface area contributed by atoms with Gasteiger partial charge in [0.1, 0.15) is 0 Å². The van der Waals surface area contributed by atoms with Crippen LogP contribution in [0.1, 0.15) is 51.0 Å². The molecule has 1 unspecified atom stereocenters. The van der Waals surface area contributed by atoms with E-state index < -0.39 is 25.4 Å². The Kier molecular flexibility index (Phi) is 11.5. The lowest BCUT2D eigenvalue weighted by Crippen LogP contribution is -2.46. The lowest BCUT2D eigenvalue weighted by molar-refractivity contribution is -0.126. The second-order valence-corrected chi connectivity index (χ2v) is 11.7. The molecule has 1 fully saturated rings. The molecule has 1 aromatic rings. The van der Waals surface area contributed by atoms with Crippen molar-refractivity contribution < 1.29 is 24.2 Å². The number of aliphatic hydroxyl groups is 1. The van der Waals surface area contributed by atoms with Crippen molar-refractivity contribution >= 4 is 19.2 Å². The SMILES string of the molecule is CC[C@@H](CNC(=O)[C@@H](N)Cc1ccccc1)C(=O)NC[C@@H](O)CP(=O)(O)CC1CCCCC1. The van der Waals surface area contributed by atoms with E-state index in [1.54, 1.807) is 0 Å². The van der Waals surface area contributed by atoms with Gasteiger partial charge in [-0.3, -0.25) is 14.2 Å². The molecular weight excluding hydrogens is 441 g/mol. The molecule has 186 valence electrons. The Morgan fingerprint density at radius 1 is 1.09 bits per heavy atom. The van der Waals surface area contributed by atoms with Gasteiger partial charge < -0.3 is 26.4 Å². The van der Waals surface area contributed by atoms with Gasteiger partial charge in [0.2, 0.25) is 19.2 Å². The van der Waals surface area contributed by atoms with Gasteiger partial charge in [0.25, 0.3) is 0 Å². The molecule has 1 aliphatic rings. The van der Waals surface area contributed by atoms with Crippen LogP contribution in [0.2, 0.25) is 0 Å². The van der Waals surface area contributed by atoms with Gasteiger partial charge in [-0.25, -0.2) is 0 Å². The van der Waals surface area contributed by atoms with Gasteiger partial charge in [0.15, 0.2) is 0 Å². The van der Waals surface area contributed by atoms with Crippen molar-refractivity contribution in [3.63, 3.8) is 0 Å². The minimum absolute atomic E-state index is 0.0913. The zero-order valence-corrected chi connectivity index (χ0v) is 20.5. The third-order valence-corrected chi connectivity index (χ3v) is 8.38. The summed E-state index contributed by atoms with van der Waals surface area (Å²) in [6.45, 7) is 1.88. The standard InChI is InChI=1S/C24H40N3O5P/c1-2-20(14-26-24(30)22(25)13-18-9-5-3-6-10-18)23(29)27-15-21(28)17-33(31,32)16-19-11-7-4-8-12-19/h3,5-6,9-10,19-22,28H,2,4,7-8,11-17,25H2,1H3,(H,26,30)(H,27,29)(H,31,32)/t20-,21+,22-/m0/s1. The quantitative estimate of drug-likeness (QED) is 0.273.